The Morgan fingerprint density at radius 2 is 1.71 bits per heavy atom. The van der Waals surface area contributed by atoms with Crippen LogP contribution >= 0.6 is 0 Å². The molecule has 0 saturated heterocycles. The monoisotopic (exact) mass is 217 g/mol. The molecule has 0 aromatic rings. The molecule has 3 nitrogen and oxygen atoms in total. The number of carboxylic acid groups (broad SMARTS) is 1. The summed E-state index contributed by atoms with van der Waals surface area (Å²) < 4.78 is 0. The minimum atomic E-state index is -1.02. The van der Waals surface area contributed by atoms with Crippen molar-refractivity contribution in [2.75, 3.05) is 6.54 Å². The van der Waals surface area contributed by atoms with Crippen LogP contribution in [0, 0.1) is 0 Å². The molecule has 0 heterocycles. The Kier molecular flexibility index (Phi) is 6.62. The molecule has 4 heteroatoms. The van der Waals surface area contributed by atoms with Gasteiger partial charge in [-0.2, -0.15) is 0 Å². The summed E-state index contributed by atoms with van der Waals surface area (Å²) in [7, 11) is -1.02. The van der Waals surface area contributed by atoms with E-state index in [1.54, 1.807) is 0 Å². The van der Waals surface area contributed by atoms with E-state index in [0.717, 1.165) is 6.42 Å². The van der Waals surface area contributed by atoms with E-state index >= 15 is 0 Å². The van der Waals surface area contributed by atoms with Crippen molar-refractivity contribution >= 4 is 14.2 Å². The highest BCUT2D eigenvalue weighted by Gasteiger charge is 2.25. The van der Waals surface area contributed by atoms with Crippen LogP contribution in [0.1, 0.15) is 27.2 Å². The fourth-order valence-corrected chi connectivity index (χ4v) is 5.43. The van der Waals surface area contributed by atoms with Gasteiger partial charge in [-0.3, -0.25) is 0 Å². The average Bonchev–Trinajstić information content (AvgIpc) is 2.19. The van der Waals surface area contributed by atoms with Crippen molar-refractivity contribution in [2.45, 2.75) is 51.4 Å². The van der Waals surface area contributed by atoms with Gasteiger partial charge in [0, 0.05) is 6.54 Å². The molecule has 0 aliphatic heterocycles. The van der Waals surface area contributed by atoms with Crippen LogP contribution in [0.25, 0.3) is 0 Å². The van der Waals surface area contributed by atoms with Gasteiger partial charge in [0.25, 0.3) is 0 Å². The Bertz CT molecular complexity index is 161. The molecule has 0 atom stereocenters. The largest absolute Gasteiger partial charge is 0.465 e. The van der Waals surface area contributed by atoms with Crippen molar-refractivity contribution in [3.8, 4) is 0 Å². The summed E-state index contributed by atoms with van der Waals surface area (Å²) in [4.78, 5) is 10.2. The van der Waals surface area contributed by atoms with Crippen LogP contribution in [0.4, 0.5) is 4.79 Å². The van der Waals surface area contributed by atoms with Crippen LogP contribution in [0.3, 0.4) is 0 Å². The van der Waals surface area contributed by atoms with E-state index in [0.29, 0.717) is 6.54 Å². The van der Waals surface area contributed by atoms with Gasteiger partial charge < -0.3 is 10.4 Å². The molecule has 0 unspecified atom stereocenters. The van der Waals surface area contributed by atoms with Gasteiger partial charge >= 0.3 is 6.09 Å². The predicted octanol–water partition coefficient (Wildman–Crippen LogP) is 3.15. The third-order valence-corrected chi connectivity index (χ3v) is 9.32. The first-order valence-corrected chi connectivity index (χ1v) is 8.40. The van der Waals surface area contributed by atoms with Crippen LogP contribution in [-0.2, 0) is 0 Å². The summed E-state index contributed by atoms with van der Waals surface area (Å²) in [5, 5.41) is 10.8. The van der Waals surface area contributed by atoms with E-state index in [2.05, 4.69) is 26.1 Å². The summed E-state index contributed by atoms with van der Waals surface area (Å²) in [5.74, 6) is 0. The lowest BCUT2D eigenvalue weighted by Crippen LogP contribution is -2.32. The van der Waals surface area contributed by atoms with Crippen molar-refractivity contribution in [3.63, 3.8) is 0 Å². The van der Waals surface area contributed by atoms with Crippen molar-refractivity contribution in [1.29, 1.82) is 0 Å². The summed E-state index contributed by atoms with van der Waals surface area (Å²) in [5.41, 5.74) is 0. The summed E-state index contributed by atoms with van der Waals surface area (Å²) >= 11 is 0. The molecule has 14 heavy (non-hydrogen) atoms. The van der Waals surface area contributed by atoms with Gasteiger partial charge in [0.15, 0.2) is 0 Å². The zero-order chi connectivity index (χ0) is 11.0. The molecule has 0 fully saturated rings. The van der Waals surface area contributed by atoms with Crippen LogP contribution in [0.2, 0.25) is 24.2 Å². The molecule has 0 aromatic heterocycles. The van der Waals surface area contributed by atoms with Gasteiger partial charge in [-0.15, -0.1) is 0 Å². The van der Waals surface area contributed by atoms with Gasteiger partial charge in [0.05, 0.1) is 8.07 Å². The van der Waals surface area contributed by atoms with Gasteiger partial charge in [-0.1, -0.05) is 44.9 Å². The Hall–Kier alpha value is -0.513. The molecular formula is C10H23NO2Si. The third-order valence-electron chi connectivity index (χ3n) is 3.41. The van der Waals surface area contributed by atoms with Gasteiger partial charge in [-0.05, 0) is 6.42 Å². The van der Waals surface area contributed by atoms with Crippen LogP contribution in [0.15, 0.2) is 0 Å². The maximum absolute atomic E-state index is 10.2. The lowest BCUT2D eigenvalue weighted by Gasteiger charge is -2.27. The Morgan fingerprint density at radius 1 is 1.21 bits per heavy atom. The minimum Gasteiger partial charge on any atom is -0.465 e. The molecule has 1 amide bonds. The Balaban J connectivity index is 3.77. The Labute approximate surface area is 87.9 Å². The standard InChI is InChI=1S/C10H23NO2Si/c1-4-14(5-2,6-3)9-7-8-11-10(12)13/h11H,4-9H2,1-3H3,(H,12,13). The maximum Gasteiger partial charge on any atom is 0.404 e. The fourth-order valence-electron chi connectivity index (χ4n) is 1.94. The summed E-state index contributed by atoms with van der Waals surface area (Å²) in [6, 6.07) is 5.24. The van der Waals surface area contributed by atoms with Crippen LogP contribution < -0.4 is 5.32 Å². The van der Waals surface area contributed by atoms with Gasteiger partial charge in [0.2, 0.25) is 0 Å². The molecular weight excluding hydrogens is 194 g/mol. The van der Waals surface area contributed by atoms with Crippen molar-refractivity contribution in [3.05, 3.63) is 0 Å². The molecule has 2 N–H and O–H groups in total. The normalized spacial score (nSPS) is 11.4. The zero-order valence-corrected chi connectivity index (χ0v) is 10.6. The van der Waals surface area contributed by atoms with Gasteiger partial charge in [-0.25, -0.2) is 4.79 Å². The predicted molar refractivity (Wildman–Crippen MR) is 62.6 cm³/mol. The van der Waals surface area contributed by atoms with E-state index < -0.39 is 14.2 Å². The molecule has 0 radical (unpaired) electrons. The number of carbonyl (C=O) groups is 1. The minimum absolute atomic E-state index is 0.615. The molecule has 0 saturated carbocycles. The van der Waals surface area contributed by atoms with E-state index in [4.69, 9.17) is 5.11 Å². The topological polar surface area (TPSA) is 49.3 Å². The second-order valence-corrected chi connectivity index (χ2v) is 9.52. The second kappa shape index (κ2) is 6.87. The third kappa shape index (κ3) is 4.65. The van der Waals surface area contributed by atoms with Crippen molar-refractivity contribution in [1.82, 2.24) is 5.32 Å². The molecule has 0 bridgehead atoms. The first-order valence-electron chi connectivity index (χ1n) is 5.57. The van der Waals surface area contributed by atoms with E-state index in [1.807, 2.05) is 0 Å². The molecule has 84 valence electrons. The van der Waals surface area contributed by atoms with E-state index in [1.165, 1.54) is 24.2 Å². The molecule has 0 aliphatic carbocycles. The molecule has 0 aromatic carbocycles. The number of amides is 1. The van der Waals surface area contributed by atoms with Crippen LogP contribution in [0.5, 0.6) is 0 Å². The zero-order valence-electron chi connectivity index (χ0n) is 9.60. The Morgan fingerprint density at radius 3 is 2.07 bits per heavy atom. The fraction of sp³-hybridized carbons (Fsp3) is 0.900. The quantitative estimate of drug-likeness (QED) is 0.508. The summed E-state index contributed by atoms with van der Waals surface area (Å²) in [6.45, 7) is 7.46. The number of hydrogen-bond donors (Lipinski definition) is 2. The SMILES string of the molecule is CC[Si](CC)(CC)CCCNC(=O)O. The summed E-state index contributed by atoms with van der Waals surface area (Å²) in [6.07, 6.45) is 0.107. The number of hydrogen-bond acceptors (Lipinski definition) is 1. The van der Waals surface area contributed by atoms with Crippen molar-refractivity contribution < 1.29 is 9.90 Å². The molecule has 0 aliphatic rings. The maximum atomic E-state index is 10.2. The highest BCUT2D eigenvalue weighted by molar-refractivity contribution is 6.79. The van der Waals surface area contributed by atoms with Gasteiger partial charge in [0.1, 0.15) is 0 Å². The van der Waals surface area contributed by atoms with Crippen LogP contribution in [-0.4, -0.2) is 25.8 Å². The number of rotatable bonds is 7. The van der Waals surface area contributed by atoms with E-state index in [-0.39, 0.29) is 0 Å². The lowest BCUT2D eigenvalue weighted by molar-refractivity contribution is 0.194. The average molecular weight is 217 g/mol. The lowest BCUT2D eigenvalue weighted by atomic mass is 10.5. The first kappa shape index (κ1) is 13.5. The molecule has 0 rings (SSSR count). The first-order chi connectivity index (χ1) is 6.60. The highest BCUT2D eigenvalue weighted by atomic mass is 28.3. The molecule has 0 spiro atoms. The van der Waals surface area contributed by atoms with E-state index in [9.17, 15) is 4.79 Å². The second-order valence-electron chi connectivity index (χ2n) is 3.90. The van der Waals surface area contributed by atoms with Crippen molar-refractivity contribution in [2.24, 2.45) is 0 Å². The highest BCUT2D eigenvalue weighted by Crippen LogP contribution is 2.26. The number of nitrogens with one attached hydrogen (secondary N) is 1. The smallest absolute Gasteiger partial charge is 0.404 e.